The molecule has 6 heteroatoms. The SMILES string of the molecule is Cc1nn(-c2ccccc2)c(C)c1CNC(=O)CC(C)NC(=O)c1ccccc1. The van der Waals surface area contributed by atoms with Gasteiger partial charge in [0.25, 0.3) is 5.91 Å². The standard InChI is InChI=1S/C23H26N4O2/c1-16(25-23(29)19-10-6-4-7-11-19)14-22(28)24-15-21-17(2)26-27(18(21)3)20-12-8-5-9-13-20/h4-13,16H,14-15H2,1-3H3,(H,24,28)(H,25,29). The summed E-state index contributed by atoms with van der Waals surface area (Å²) in [5, 5.41) is 10.4. The maximum Gasteiger partial charge on any atom is 0.251 e. The predicted octanol–water partition coefficient (Wildman–Crippen LogP) is 3.31. The van der Waals surface area contributed by atoms with Gasteiger partial charge in [-0.2, -0.15) is 5.10 Å². The molecule has 0 bridgehead atoms. The fraction of sp³-hybridized carbons (Fsp3) is 0.261. The van der Waals surface area contributed by atoms with Crippen LogP contribution in [0.15, 0.2) is 60.7 Å². The summed E-state index contributed by atoms with van der Waals surface area (Å²) in [6.07, 6.45) is 0.212. The van der Waals surface area contributed by atoms with Gasteiger partial charge in [0.1, 0.15) is 0 Å². The summed E-state index contributed by atoms with van der Waals surface area (Å²) in [7, 11) is 0. The first-order chi connectivity index (χ1) is 14.0. The number of hydrogen-bond donors (Lipinski definition) is 2. The molecule has 29 heavy (non-hydrogen) atoms. The van der Waals surface area contributed by atoms with Crippen molar-refractivity contribution in [2.45, 2.75) is 39.8 Å². The second-order valence-corrected chi connectivity index (χ2v) is 7.12. The minimum Gasteiger partial charge on any atom is -0.352 e. The molecule has 1 unspecified atom stereocenters. The highest BCUT2D eigenvalue weighted by atomic mass is 16.2. The molecule has 1 heterocycles. The number of rotatable bonds is 7. The van der Waals surface area contributed by atoms with E-state index in [2.05, 4.69) is 15.7 Å². The number of nitrogens with zero attached hydrogens (tertiary/aromatic N) is 2. The number of carbonyl (C=O) groups is 2. The number of aryl methyl sites for hydroxylation is 1. The first-order valence-corrected chi connectivity index (χ1v) is 9.69. The summed E-state index contributed by atoms with van der Waals surface area (Å²) in [6, 6.07) is 18.6. The van der Waals surface area contributed by atoms with E-state index >= 15 is 0 Å². The molecule has 1 aromatic heterocycles. The molecule has 3 rings (SSSR count). The summed E-state index contributed by atoms with van der Waals surface area (Å²) in [6.45, 7) is 6.17. The number of carbonyl (C=O) groups excluding carboxylic acids is 2. The molecule has 2 amide bonds. The number of para-hydroxylation sites is 1. The zero-order valence-corrected chi connectivity index (χ0v) is 17.0. The Labute approximate surface area is 170 Å². The zero-order chi connectivity index (χ0) is 20.8. The zero-order valence-electron chi connectivity index (χ0n) is 17.0. The normalized spacial score (nSPS) is 11.7. The van der Waals surface area contributed by atoms with Gasteiger partial charge in [-0.05, 0) is 45.0 Å². The summed E-state index contributed by atoms with van der Waals surface area (Å²) < 4.78 is 1.89. The molecule has 0 aliphatic heterocycles. The highest BCUT2D eigenvalue weighted by molar-refractivity contribution is 5.94. The van der Waals surface area contributed by atoms with Crippen LogP contribution >= 0.6 is 0 Å². The Morgan fingerprint density at radius 1 is 1.00 bits per heavy atom. The van der Waals surface area contributed by atoms with E-state index < -0.39 is 0 Å². The van der Waals surface area contributed by atoms with E-state index in [9.17, 15) is 9.59 Å². The summed E-state index contributed by atoms with van der Waals surface area (Å²) in [5.41, 5.74) is 4.46. The number of aromatic nitrogens is 2. The van der Waals surface area contributed by atoms with E-state index in [0.717, 1.165) is 22.6 Å². The summed E-state index contributed by atoms with van der Waals surface area (Å²) in [4.78, 5) is 24.5. The number of hydrogen-bond acceptors (Lipinski definition) is 3. The molecule has 6 nitrogen and oxygen atoms in total. The van der Waals surface area contributed by atoms with Crippen LogP contribution in [-0.2, 0) is 11.3 Å². The molecule has 1 atom stereocenters. The molecule has 0 fully saturated rings. The topological polar surface area (TPSA) is 76.0 Å². The number of amides is 2. The predicted molar refractivity (Wildman–Crippen MR) is 113 cm³/mol. The van der Waals surface area contributed by atoms with Crippen LogP contribution in [0.2, 0.25) is 0 Å². The number of nitrogens with one attached hydrogen (secondary N) is 2. The van der Waals surface area contributed by atoms with Gasteiger partial charge < -0.3 is 10.6 Å². The van der Waals surface area contributed by atoms with Crippen molar-refractivity contribution in [3.63, 3.8) is 0 Å². The lowest BCUT2D eigenvalue weighted by atomic mass is 10.1. The summed E-state index contributed by atoms with van der Waals surface area (Å²) >= 11 is 0. The van der Waals surface area contributed by atoms with Crippen LogP contribution in [0.3, 0.4) is 0 Å². The molecule has 0 saturated heterocycles. The fourth-order valence-electron chi connectivity index (χ4n) is 3.24. The molecule has 0 saturated carbocycles. The van der Waals surface area contributed by atoms with Crippen LogP contribution in [0.1, 0.15) is 40.7 Å². The Bertz CT molecular complexity index is 981. The Hall–Kier alpha value is -3.41. The third-order valence-electron chi connectivity index (χ3n) is 4.81. The average molecular weight is 390 g/mol. The van der Waals surface area contributed by atoms with Gasteiger partial charge in [0.2, 0.25) is 5.91 Å². The van der Waals surface area contributed by atoms with Crippen molar-refractivity contribution in [3.05, 3.63) is 83.2 Å². The first-order valence-electron chi connectivity index (χ1n) is 9.69. The van der Waals surface area contributed by atoms with Crippen molar-refractivity contribution < 1.29 is 9.59 Å². The second kappa shape index (κ2) is 9.19. The third kappa shape index (κ3) is 5.10. The molecular formula is C23H26N4O2. The van der Waals surface area contributed by atoms with E-state index in [0.29, 0.717) is 12.1 Å². The summed E-state index contributed by atoms with van der Waals surface area (Å²) in [5.74, 6) is -0.293. The quantitative estimate of drug-likeness (QED) is 0.650. The highest BCUT2D eigenvalue weighted by Gasteiger charge is 2.16. The molecule has 0 spiro atoms. The smallest absolute Gasteiger partial charge is 0.251 e. The minimum atomic E-state index is -0.267. The van der Waals surface area contributed by atoms with E-state index in [4.69, 9.17) is 0 Å². The first kappa shape index (κ1) is 20.3. The van der Waals surface area contributed by atoms with Crippen molar-refractivity contribution in [2.24, 2.45) is 0 Å². The number of benzene rings is 2. The van der Waals surface area contributed by atoms with Gasteiger partial charge in [0.15, 0.2) is 0 Å². The van der Waals surface area contributed by atoms with Crippen molar-refractivity contribution in [1.82, 2.24) is 20.4 Å². The largest absolute Gasteiger partial charge is 0.352 e. The molecule has 3 aromatic rings. The van der Waals surface area contributed by atoms with Gasteiger partial charge in [-0.1, -0.05) is 36.4 Å². The van der Waals surface area contributed by atoms with Gasteiger partial charge in [0.05, 0.1) is 11.4 Å². The maximum absolute atomic E-state index is 12.4. The third-order valence-corrected chi connectivity index (χ3v) is 4.81. The van der Waals surface area contributed by atoms with Gasteiger partial charge >= 0.3 is 0 Å². The highest BCUT2D eigenvalue weighted by Crippen LogP contribution is 2.17. The van der Waals surface area contributed by atoms with Crippen molar-refractivity contribution in [1.29, 1.82) is 0 Å². The lowest BCUT2D eigenvalue weighted by molar-refractivity contribution is -0.121. The molecule has 0 aliphatic rings. The molecule has 2 N–H and O–H groups in total. The molecular weight excluding hydrogens is 364 g/mol. The Kier molecular flexibility index (Phi) is 6.44. The Morgan fingerprint density at radius 2 is 1.62 bits per heavy atom. The van der Waals surface area contributed by atoms with Crippen molar-refractivity contribution in [2.75, 3.05) is 0 Å². The van der Waals surface area contributed by atoms with Gasteiger partial charge in [-0.3, -0.25) is 9.59 Å². The van der Waals surface area contributed by atoms with Gasteiger partial charge in [-0.25, -0.2) is 4.68 Å². The molecule has 0 radical (unpaired) electrons. The van der Waals surface area contributed by atoms with E-state index in [1.54, 1.807) is 12.1 Å². The maximum atomic E-state index is 12.4. The lowest BCUT2D eigenvalue weighted by Crippen LogP contribution is -2.37. The monoisotopic (exact) mass is 390 g/mol. The van der Waals surface area contributed by atoms with Crippen molar-refractivity contribution in [3.8, 4) is 5.69 Å². The van der Waals surface area contributed by atoms with E-state index in [-0.39, 0.29) is 24.3 Å². The van der Waals surface area contributed by atoms with Crippen molar-refractivity contribution >= 4 is 11.8 Å². The Morgan fingerprint density at radius 3 is 2.28 bits per heavy atom. The fourth-order valence-corrected chi connectivity index (χ4v) is 3.24. The van der Waals surface area contributed by atoms with Gasteiger partial charge in [0, 0.05) is 35.8 Å². The second-order valence-electron chi connectivity index (χ2n) is 7.12. The van der Waals surface area contributed by atoms with Crippen LogP contribution < -0.4 is 10.6 Å². The molecule has 150 valence electrons. The van der Waals surface area contributed by atoms with Crippen LogP contribution in [0.5, 0.6) is 0 Å². The van der Waals surface area contributed by atoms with Crippen LogP contribution in [-0.4, -0.2) is 27.6 Å². The van der Waals surface area contributed by atoms with Crippen LogP contribution in [0.4, 0.5) is 0 Å². The average Bonchev–Trinajstić information content (AvgIpc) is 3.01. The van der Waals surface area contributed by atoms with E-state index in [1.165, 1.54) is 0 Å². The lowest BCUT2D eigenvalue weighted by Gasteiger charge is -2.14. The minimum absolute atomic E-state index is 0.114. The molecule has 0 aliphatic carbocycles. The molecule has 2 aromatic carbocycles. The van der Waals surface area contributed by atoms with E-state index in [1.807, 2.05) is 74.0 Å². The van der Waals surface area contributed by atoms with Crippen LogP contribution in [0.25, 0.3) is 5.69 Å². The van der Waals surface area contributed by atoms with Crippen LogP contribution in [0, 0.1) is 13.8 Å². The Balaban J connectivity index is 1.56. The van der Waals surface area contributed by atoms with Gasteiger partial charge in [-0.15, -0.1) is 0 Å².